The number of rotatable bonds is 5. The fraction of sp³-hybridized carbons (Fsp3) is 0.217. The molecule has 0 spiro atoms. The minimum Gasteiger partial charge on any atom is -0.493 e. The maximum Gasteiger partial charge on any atom is 0.268 e. The minimum absolute atomic E-state index is 0.254. The Morgan fingerprint density at radius 3 is 2.10 bits per heavy atom. The summed E-state index contributed by atoms with van der Waals surface area (Å²) in [5, 5.41) is 0.883. The van der Waals surface area contributed by atoms with Gasteiger partial charge >= 0.3 is 0 Å². The van der Waals surface area contributed by atoms with Gasteiger partial charge in [0.05, 0.1) is 30.3 Å². The van der Waals surface area contributed by atoms with Gasteiger partial charge in [0.25, 0.3) is 10.0 Å². The van der Waals surface area contributed by atoms with Crippen molar-refractivity contribution in [3.63, 3.8) is 0 Å². The molecule has 4 rings (SSSR count). The highest BCUT2D eigenvalue weighted by molar-refractivity contribution is 7.90. The SMILES string of the molecule is COc1cc2c(-c3cc(C)cn3S(=O)(=O)c3ccc(C)cc3)cn(C)c2cc1OC. The number of aromatic nitrogens is 2. The Hall–Kier alpha value is -3.19. The molecule has 0 N–H and O–H groups in total. The van der Waals surface area contributed by atoms with Crippen LogP contribution in [0.1, 0.15) is 11.1 Å². The van der Waals surface area contributed by atoms with Gasteiger partial charge in [-0.3, -0.25) is 0 Å². The van der Waals surface area contributed by atoms with Gasteiger partial charge < -0.3 is 14.0 Å². The molecule has 2 aromatic carbocycles. The van der Waals surface area contributed by atoms with E-state index in [0.717, 1.165) is 27.6 Å². The summed E-state index contributed by atoms with van der Waals surface area (Å²) in [5.74, 6) is 1.21. The van der Waals surface area contributed by atoms with Gasteiger partial charge in [0, 0.05) is 36.5 Å². The van der Waals surface area contributed by atoms with E-state index >= 15 is 0 Å². The summed E-state index contributed by atoms with van der Waals surface area (Å²) in [6.07, 6.45) is 3.59. The molecule has 0 aliphatic heterocycles. The van der Waals surface area contributed by atoms with Crippen LogP contribution in [-0.2, 0) is 17.1 Å². The van der Waals surface area contributed by atoms with E-state index in [2.05, 4.69) is 0 Å². The minimum atomic E-state index is -3.75. The lowest BCUT2D eigenvalue weighted by Crippen LogP contribution is -2.13. The summed E-state index contributed by atoms with van der Waals surface area (Å²) in [6, 6.07) is 12.6. The van der Waals surface area contributed by atoms with Crippen LogP contribution >= 0.6 is 0 Å². The van der Waals surface area contributed by atoms with Crippen molar-refractivity contribution < 1.29 is 17.9 Å². The lowest BCUT2D eigenvalue weighted by molar-refractivity contribution is 0.355. The summed E-state index contributed by atoms with van der Waals surface area (Å²) >= 11 is 0. The molecule has 0 aliphatic carbocycles. The predicted molar refractivity (Wildman–Crippen MR) is 118 cm³/mol. The third-order valence-electron chi connectivity index (χ3n) is 5.27. The molecule has 6 nitrogen and oxygen atoms in total. The molecule has 30 heavy (non-hydrogen) atoms. The second kappa shape index (κ2) is 7.25. The fourth-order valence-corrected chi connectivity index (χ4v) is 5.12. The molecule has 7 heteroatoms. The van der Waals surface area contributed by atoms with Gasteiger partial charge in [-0.25, -0.2) is 12.4 Å². The van der Waals surface area contributed by atoms with Gasteiger partial charge in [0.2, 0.25) is 0 Å². The monoisotopic (exact) mass is 424 g/mol. The molecule has 0 fully saturated rings. The van der Waals surface area contributed by atoms with Crippen molar-refractivity contribution in [2.75, 3.05) is 14.2 Å². The van der Waals surface area contributed by atoms with Crippen molar-refractivity contribution in [1.29, 1.82) is 0 Å². The molecular weight excluding hydrogens is 400 g/mol. The van der Waals surface area contributed by atoms with Crippen LogP contribution in [0.4, 0.5) is 0 Å². The summed E-state index contributed by atoms with van der Waals surface area (Å²) in [7, 11) is 1.35. The van der Waals surface area contributed by atoms with E-state index in [9.17, 15) is 8.42 Å². The van der Waals surface area contributed by atoms with E-state index in [0.29, 0.717) is 17.2 Å². The Kier molecular flexibility index (Phi) is 4.86. The molecule has 0 unspecified atom stereocenters. The van der Waals surface area contributed by atoms with Gasteiger partial charge in [-0.15, -0.1) is 0 Å². The summed E-state index contributed by atoms with van der Waals surface area (Å²) in [5.41, 5.74) is 4.19. The fourth-order valence-electron chi connectivity index (χ4n) is 3.70. The highest BCUT2D eigenvalue weighted by atomic mass is 32.2. The molecule has 0 amide bonds. The molecule has 0 atom stereocenters. The first-order valence-electron chi connectivity index (χ1n) is 9.49. The Labute approximate surface area is 176 Å². The van der Waals surface area contributed by atoms with Crippen molar-refractivity contribution in [1.82, 2.24) is 8.54 Å². The molecule has 0 aliphatic rings. The summed E-state index contributed by atoms with van der Waals surface area (Å²) in [4.78, 5) is 0.254. The highest BCUT2D eigenvalue weighted by Gasteiger charge is 2.24. The van der Waals surface area contributed by atoms with Crippen molar-refractivity contribution in [2.24, 2.45) is 7.05 Å². The molecular formula is C23H24N2O4S. The van der Waals surface area contributed by atoms with E-state index in [1.165, 1.54) is 3.97 Å². The first-order chi connectivity index (χ1) is 14.3. The number of aryl methyl sites for hydroxylation is 3. The number of fused-ring (bicyclic) bond motifs is 1. The molecule has 156 valence electrons. The van der Waals surface area contributed by atoms with E-state index in [4.69, 9.17) is 9.47 Å². The zero-order valence-corrected chi connectivity index (χ0v) is 18.4. The summed E-state index contributed by atoms with van der Waals surface area (Å²) < 4.78 is 41.1. The number of hydrogen-bond donors (Lipinski definition) is 0. The lowest BCUT2D eigenvalue weighted by Gasteiger charge is -2.11. The highest BCUT2D eigenvalue weighted by Crippen LogP contribution is 2.39. The maximum atomic E-state index is 13.4. The number of ether oxygens (including phenoxy) is 2. The van der Waals surface area contributed by atoms with Crippen molar-refractivity contribution in [3.05, 3.63) is 66.0 Å². The standard InChI is InChI=1S/C23H24N2O4S/c1-15-6-8-17(9-7-15)30(26,27)25-13-16(2)10-21(25)19-14-24(3)20-12-23(29-5)22(28-4)11-18(19)20/h6-14H,1-5H3. The van der Waals surface area contributed by atoms with Gasteiger partial charge in [-0.2, -0.15) is 0 Å². The van der Waals surface area contributed by atoms with Crippen LogP contribution < -0.4 is 9.47 Å². The zero-order valence-electron chi connectivity index (χ0n) is 17.6. The molecule has 4 aromatic rings. The van der Waals surface area contributed by atoms with Gasteiger partial charge in [0.1, 0.15) is 0 Å². The molecule has 0 radical (unpaired) electrons. The van der Waals surface area contributed by atoms with Crippen LogP contribution in [0.3, 0.4) is 0 Å². The normalized spacial score (nSPS) is 11.8. The van der Waals surface area contributed by atoms with E-state index in [1.807, 2.05) is 49.9 Å². The van der Waals surface area contributed by atoms with Gasteiger partial charge in [-0.05, 0) is 43.7 Å². The lowest BCUT2D eigenvalue weighted by atomic mass is 10.1. The zero-order chi connectivity index (χ0) is 21.6. The first-order valence-corrected chi connectivity index (χ1v) is 10.9. The van der Waals surface area contributed by atoms with Crippen LogP contribution in [0.2, 0.25) is 0 Å². The van der Waals surface area contributed by atoms with Gasteiger partial charge in [0.15, 0.2) is 11.5 Å². The van der Waals surface area contributed by atoms with Crippen molar-refractivity contribution >= 4 is 20.9 Å². The van der Waals surface area contributed by atoms with Crippen LogP contribution in [-0.4, -0.2) is 31.2 Å². The Bertz CT molecular complexity index is 1350. The molecule has 0 saturated carbocycles. The average molecular weight is 425 g/mol. The maximum absolute atomic E-state index is 13.4. The van der Waals surface area contributed by atoms with Crippen LogP contribution in [0.25, 0.3) is 22.2 Å². The van der Waals surface area contributed by atoms with Crippen LogP contribution in [0.15, 0.2) is 59.8 Å². The Balaban J connectivity index is 1.97. The number of nitrogens with zero attached hydrogens (tertiary/aromatic N) is 2. The van der Waals surface area contributed by atoms with E-state index in [-0.39, 0.29) is 4.90 Å². The second-order valence-electron chi connectivity index (χ2n) is 7.39. The van der Waals surface area contributed by atoms with E-state index in [1.54, 1.807) is 44.7 Å². The molecule has 0 saturated heterocycles. The van der Waals surface area contributed by atoms with Crippen LogP contribution in [0.5, 0.6) is 11.5 Å². The summed E-state index contributed by atoms with van der Waals surface area (Å²) in [6.45, 7) is 3.82. The average Bonchev–Trinajstić information content (AvgIpc) is 3.27. The Morgan fingerprint density at radius 1 is 0.833 bits per heavy atom. The smallest absolute Gasteiger partial charge is 0.268 e. The predicted octanol–water partition coefficient (Wildman–Crippen LogP) is 4.52. The second-order valence-corrected chi connectivity index (χ2v) is 9.21. The van der Waals surface area contributed by atoms with Crippen molar-refractivity contribution in [3.8, 4) is 22.8 Å². The van der Waals surface area contributed by atoms with E-state index < -0.39 is 10.0 Å². The van der Waals surface area contributed by atoms with Gasteiger partial charge in [-0.1, -0.05) is 17.7 Å². The molecule has 0 bridgehead atoms. The number of methoxy groups -OCH3 is 2. The molecule has 2 aromatic heterocycles. The first kappa shape index (κ1) is 20.1. The Morgan fingerprint density at radius 2 is 1.47 bits per heavy atom. The quantitative estimate of drug-likeness (QED) is 0.473. The largest absolute Gasteiger partial charge is 0.493 e. The third-order valence-corrected chi connectivity index (χ3v) is 6.96. The molecule has 2 heterocycles. The van der Waals surface area contributed by atoms with Crippen molar-refractivity contribution in [2.45, 2.75) is 18.7 Å². The number of hydrogen-bond acceptors (Lipinski definition) is 4. The topological polar surface area (TPSA) is 62.5 Å². The van der Waals surface area contributed by atoms with Crippen LogP contribution in [0, 0.1) is 13.8 Å². The number of benzene rings is 2. The third kappa shape index (κ3) is 3.15.